The molecule has 0 fully saturated rings. The van der Waals surface area contributed by atoms with E-state index in [9.17, 15) is 14.4 Å². The van der Waals surface area contributed by atoms with Crippen LogP contribution in [-0.2, 0) is 28.6 Å². The minimum absolute atomic E-state index is 0.0719. The van der Waals surface area contributed by atoms with Crippen molar-refractivity contribution in [2.45, 2.75) is 303 Å². The molecule has 6 heteroatoms. The van der Waals surface area contributed by atoms with Crippen LogP contribution < -0.4 is 0 Å². The van der Waals surface area contributed by atoms with Crippen LogP contribution in [0.4, 0.5) is 0 Å². The summed E-state index contributed by atoms with van der Waals surface area (Å²) in [5.74, 6) is -0.870. The van der Waals surface area contributed by atoms with E-state index >= 15 is 0 Å². The SMILES string of the molecule is CCC/C=C\C/C=C\CCCCCCCC(=O)OC(COC(=O)CCCCCCCCCCCCCC)COC(=O)CCCCCCCCCCCCCCCCCCCCC. The van der Waals surface area contributed by atoms with E-state index in [1.807, 2.05) is 0 Å². The van der Waals surface area contributed by atoms with E-state index in [1.54, 1.807) is 0 Å². The Morgan fingerprint density at radius 2 is 0.613 bits per heavy atom. The fraction of sp³-hybridized carbons (Fsp3) is 0.875. The van der Waals surface area contributed by atoms with Crippen LogP contribution in [0.3, 0.4) is 0 Å². The van der Waals surface area contributed by atoms with Gasteiger partial charge in [-0.05, 0) is 44.9 Å². The van der Waals surface area contributed by atoms with Crippen molar-refractivity contribution in [3.8, 4) is 0 Å². The number of hydrogen-bond acceptors (Lipinski definition) is 6. The lowest BCUT2D eigenvalue weighted by Crippen LogP contribution is -2.30. The summed E-state index contributed by atoms with van der Waals surface area (Å²) in [6.07, 6.45) is 58.8. The van der Waals surface area contributed by atoms with Gasteiger partial charge in [0.15, 0.2) is 6.10 Å². The van der Waals surface area contributed by atoms with Crippen LogP contribution in [0.15, 0.2) is 24.3 Å². The molecule has 0 N–H and O–H groups in total. The standard InChI is InChI=1S/C56H104O6/c1-4-7-10-13-16-19-22-25-26-27-28-29-30-32-34-37-40-43-46-49-55(58)61-52-53(51-60-54(57)48-45-42-39-36-33-24-21-18-15-12-9-6-3)62-56(59)50-47-44-41-38-35-31-23-20-17-14-11-8-5-2/h11,14,20,23,53H,4-10,12-13,15-19,21-22,24-52H2,1-3H3/b14-11-,23-20-. The lowest BCUT2D eigenvalue weighted by Gasteiger charge is -2.18. The molecule has 0 aromatic heterocycles. The van der Waals surface area contributed by atoms with Crippen LogP contribution in [-0.4, -0.2) is 37.2 Å². The molecule has 0 spiro atoms. The lowest BCUT2D eigenvalue weighted by molar-refractivity contribution is -0.167. The van der Waals surface area contributed by atoms with Crippen molar-refractivity contribution in [1.29, 1.82) is 0 Å². The molecule has 0 aromatic carbocycles. The van der Waals surface area contributed by atoms with Gasteiger partial charge < -0.3 is 14.2 Å². The van der Waals surface area contributed by atoms with Gasteiger partial charge in [0.05, 0.1) is 0 Å². The minimum atomic E-state index is -0.772. The van der Waals surface area contributed by atoms with Crippen LogP contribution >= 0.6 is 0 Å². The van der Waals surface area contributed by atoms with Gasteiger partial charge in [0.25, 0.3) is 0 Å². The van der Waals surface area contributed by atoms with Crippen molar-refractivity contribution in [2.75, 3.05) is 13.2 Å². The van der Waals surface area contributed by atoms with Crippen molar-refractivity contribution >= 4 is 17.9 Å². The molecule has 1 atom stereocenters. The maximum absolute atomic E-state index is 12.8. The molecule has 0 rings (SSSR count). The second-order valence-corrected chi connectivity index (χ2v) is 18.5. The maximum Gasteiger partial charge on any atom is 0.306 e. The summed E-state index contributed by atoms with van der Waals surface area (Å²) in [6.45, 7) is 6.60. The van der Waals surface area contributed by atoms with Gasteiger partial charge in [-0.1, -0.05) is 257 Å². The predicted molar refractivity (Wildman–Crippen MR) is 266 cm³/mol. The van der Waals surface area contributed by atoms with E-state index in [1.165, 1.54) is 167 Å². The summed E-state index contributed by atoms with van der Waals surface area (Å²) in [5, 5.41) is 0. The molecule has 0 aliphatic carbocycles. The molecular formula is C56H104O6. The zero-order chi connectivity index (χ0) is 45.1. The monoisotopic (exact) mass is 873 g/mol. The highest BCUT2D eigenvalue weighted by Gasteiger charge is 2.19. The van der Waals surface area contributed by atoms with Crippen molar-refractivity contribution < 1.29 is 28.6 Å². The molecule has 0 radical (unpaired) electrons. The molecule has 364 valence electrons. The summed E-state index contributed by atoms with van der Waals surface area (Å²) in [5.41, 5.74) is 0. The molecule has 0 aliphatic rings. The van der Waals surface area contributed by atoms with Gasteiger partial charge in [0, 0.05) is 19.3 Å². The van der Waals surface area contributed by atoms with Crippen molar-refractivity contribution in [3.05, 3.63) is 24.3 Å². The highest BCUT2D eigenvalue weighted by molar-refractivity contribution is 5.71. The van der Waals surface area contributed by atoms with E-state index < -0.39 is 6.10 Å². The Hall–Kier alpha value is -2.11. The van der Waals surface area contributed by atoms with Gasteiger partial charge in [0.1, 0.15) is 13.2 Å². The Labute approximate surface area is 385 Å². The fourth-order valence-corrected chi connectivity index (χ4v) is 8.07. The van der Waals surface area contributed by atoms with Crippen LogP contribution in [0.1, 0.15) is 297 Å². The van der Waals surface area contributed by atoms with Gasteiger partial charge in [-0.15, -0.1) is 0 Å². The molecular weight excluding hydrogens is 769 g/mol. The number of unbranched alkanes of at least 4 members (excludes halogenated alkanes) is 35. The van der Waals surface area contributed by atoms with E-state index in [0.29, 0.717) is 19.3 Å². The zero-order valence-electron chi connectivity index (χ0n) is 41.7. The third-order valence-electron chi connectivity index (χ3n) is 12.2. The molecule has 0 aromatic rings. The Kier molecular flexibility index (Phi) is 49.8. The Morgan fingerprint density at radius 1 is 0.323 bits per heavy atom. The third-order valence-corrected chi connectivity index (χ3v) is 12.2. The first-order valence-corrected chi connectivity index (χ1v) is 27.3. The van der Waals surface area contributed by atoms with Gasteiger partial charge in [-0.25, -0.2) is 0 Å². The van der Waals surface area contributed by atoms with Crippen molar-refractivity contribution in [2.24, 2.45) is 0 Å². The van der Waals surface area contributed by atoms with Crippen molar-refractivity contribution in [3.63, 3.8) is 0 Å². The number of rotatable bonds is 50. The maximum atomic E-state index is 12.8. The molecule has 0 aliphatic heterocycles. The van der Waals surface area contributed by atoms with Crippen LogP contribution in [0.2, 0.25) is 0 Å². The predicted octanol–water partition coefficient (Wildman–Crippen LogP) is 17.9. The highest BCUT2D eigenvalue weighted by atomic mass is 16.6. The Bertz CT molecular complexity index is 1000. The number of allylic oxidation sites excluding steroid dienone is 4. The Morgan fingerprint density at radius 3 is 0.952 bits per heavy atom. The second-order valence-electron chi connectivity index (χ2n) is 18.5. The molecule has 0 bridgehead atoms. The largest absolute Gasteiger partial charge is 0.462 e. The van der Waals surface area contributed by atoms with E-state index in [4.69, 9.17) is 14.2 Å². The number of hydrogen-bond donors (Lipinski definition) is 0. The quantitative estimate of drug-likeness (QED) is 0.0262. The second kappa shape index (κ2) is 51.5. The molecule has 62 heavy (non-hydrogen) atoms. The normalized spacial score (nSPS) is 12.1. The lowest BCUT2D eigenvalue weighted by atomic mass is 10.0. The molecule has 0 saturated heterocycles. The first kappa shape index (κ1) is 59.9. The van der Waals surface area contributed by atoms with Crippen LogP contribution in [0, 0.1) is 0 Å². The summed E-state index contributed by atoms with van der Waals surface area (Å²) >= 11 is 0. The molecule has 6 nitrogen and oxygen atoms in total. The van der Waals surface area contributed by atoms with Gasteiger partial charge in [-0.2, -0.15) is 0 Å². The Balaban J connectivity index is 4.28. The molecule has 0 heterocycles. The first-order chi connectivity index (χ1) is 30.5. The number of carbonyl (C=O) groups excluding carboxylic acids is 3. The minimum Gasteiger partial charge on any atom is -0.462 e. The van der Waals surface area contributed by atoms with E-state index in [-0.39, 0.29) is 31.1 Å². The average Bonchev–Trinajstić information content (AvgIpc) is 3.27. The average molecular weight is 873 g/mol. The number of carbonyl (C=O) groups is 3. The first-order valence-electron chi connectivity index (χ1n) is 27.3. The summed E-state index contributed by atoms with van der Waals surface area (Å²) in [4.78, 5) is 38.0. The smallest absolute Gasteiger partial charge is 0.306 e. The topological polar surface area (TPSA) is 78.9 Å². The number of esters is 3. The highest BCUT2D eigenvalue weighted by Crippen LogP contribution is 2.17. The van der Waals surface area contributed by atoms with Gasteiger partial charge in [-0.3, -0.25) is 14.4 Å². The van der Waals surface area contributed by atoms with Gasteiger partial charge in [0.2, 0.25) is 0 Å². The van der Waals surface area contributed by atoms with Crippen molar-refractivity contribution in [1.82, 2.24) is 0 Å². The summed E-state index contributed by atoms with van der Waals surface area (Å²) in [7, 11) is 0. The molecule has 0 amide bonds. The van der Waals surface area contributed by atoms with E-state index in [2.05, 4.69) is 45.1 Å². The zero-order valence-corrected chi connectivity index (χ0v) is 41.7. The summed E-state index contributed by atoms with van der Waals surface area (Å²) in [6, 6.07) is 0. The fourth-order valence-electron chi connectivity index (χ4n) is 8.07. The van der Waals surface area contributed by atoms with E-state index in [0.717, 1.165) is 89.9 Å². The molecule has 0 saturated carbocycles. The summed E-state index contributed by atoms with van der Waals surface area (Å²) < 4.78 is 16.8. The molecule has 1 unspecified atom stereocenters. The number of ether oxygens (including phenoxy) is 3. The van der Waals surface area contributed by atoms with Crippen LogP contribution in [0.25, 0.3) is 0 Å². The van der Waals surface area contributed by atoms with Crippen LogP contribution in [0.5, 0.6) is 0 Å². The third kappa shape index (κ3) is 48.9. The van der Waals surface area contributed by atoms with Gasteiger partial charge >= 0.3 is 17.9 Å².